The normalized spacial score (nSPS) is 15.2. The number of rotatable bonds is 3. The Hall–Kier alpha value is -5.86. The fourth-order valence-corrected chi connectivity index (χ4v) is 9.90. The monoisotopic (exact) mass is 727 g/mol. The number of anilines is 3. The molecule has 1 spiro atoms. The van der Waals surface area contributed by atoms with Crippen LogP contribution in [-0.2, 0) is 21.7 Å². The minimum absolute atomic E-state index is 0.0258. The van der Waals surface area contributed by atoms with Crippen molar-refractivity contribution in [3.8, 4) is 33.8 Å². The molecule has 7 aromatic rings. The average molecular weight is 728 g/mol. The van der Waals surface area contributed by atoms with Crippen LogP contribution in [0.3, 0.4) is 0 Å². The molecule has 0 aromatic heterocycles. The third-order valence-corrected chi connectivity index (χ3v) is 12.9. The minimum atomic E-state index is -0.600. The molecule has 2 aliphatic carbocycles. The predicted molar refractivity (Wildman–Crippen MR) is 233 cm³/mol. The Kier molecular flexibility index (Phi) is 7.31. The van der Waals surface area contributed by atoms with Gasteiger partial charge in [0, 0.05) is 27.9 Å². The largest absolute Gasteiger partial charge is 0.454 e. The molecule has 1 heterocycles. The summed E-state index contributed by atoms with van der Waals surface area (Å²) in [6.07, 6.45) is 0. The van der Waals surface area contributed by atoms with Crippen molar-refractivity contribution >= 4 is 17.1 Å². The zero-order valence-corrected chi connectivity index (χ0v) is 33.8. The number of ether oxygens (including phenoxy) is 1. The van der Waals surface area contributed by atoms with Gasteiger partial charge in [0.25, 0.3) is 0 Å². The van der Waals surface area contributed by atoms with Crippen LogP contribution >= 0.6 is 0 Å². The van der Waals surface area contributed by atoms with Gasteiger partial charge in [0.05, 0.1) is 11.1 Å². The van der Waals surface area contributed by atoms with E-state index in [0.29, 0.717) is 0 Å². The quantitative estimate of drug-likeness (QED) is 0.180. The van der Waals surface area contributed by atoms with E-state index in [1.54, 1.807) is 0 Å². The van der Waals surface area contributed by atoms with E-state index in [1.165, 1.54) is 66.8 Å². The third-order valence-electron chi connectivity index (χ3n) is 12.9. The van der Waals surface area contributed by atoms with Gasteiger partial charge < -0.3 is 9.64 Å². The Bertz CT molecular complexity index is 2660. The van der Waals surface area contributed by atoms with E-state index >= 15 is 0 Å². The summed E-state index contributed by atoms with van der Waals surface area (Å²) in [7, 11) is 0. The summed E-state index contributed by atoms with van der Waals surface area (Å²) in [4.78, 5) is 2.41. The highest BCUT2D eigenvalue weighted by Crippen LogP contribution is 2.64. The number of para-hydroxylation sites is 3. The van der Waals surface area contributed by atoms with Crippen LogP contribution in [0.5, 0.6) is 11.5 Å². The van der Waals surface area contributed by atoms with Crippen LogP contribution in [0.4, 0.5) is 17.1 Å². The van der Waals surface area contributed by atoms with Crippen molar-refractivity contribution in [1.82, 2.24) is 0 Å². The number of fused-ring (bicyclic) bond motifs is 12. The molecule has 3 aliphatic rings. The second-order valence-corrected chi connectivity index (χ2v) is 18.6. The van der Waals surface area contributed by atoms with Crippen molar-refractivity contribution in [2.24, 2.45) is 0 Å². The molecular weight excluding hydrogens is 679 g/mol. The van der Waals surface area contributed by atoms with Crippen molar-refractivity contribution in [3.05, 3.63) is 196 Å². The van der Waals surface area contributed by atoms with Crippen LogP contribution in [0.15, 0.2) is 152 Å². The van der Waals surface area contributed by atoms with Gasteiger partial charge in [0.15, 0.2) is 5.75 Å². The number of benzene rings is 7. The van der Waals surface area contributed by atoms with E-state index in [2.05, 4.69) is 212 Å². The number of hydrogen-bond acceptors (Lipinski definition) is 2. The Morgan fingerprint density at radius 2 is 0.964 bits per heavy atom. The summed E-state index contributed by atoms with van der Waals surface area (Å²) in [6, 6.07) is 56.7. The minimum Gasteiger partial charge on any atom is -0.454 e. The molecule has 56 heavy (non-hydrogen) atoms. The van der Waals surface area contributed by atoms with Crippen molar-refractivity contribution in [2.75, 3.05) is 4.90 Å². The molecule has 0 radical (unpaired) electrons. The molecule has 0 atom stereocenters. The Morgan fingerprint density at radius 1 is 0.429 bits per heavy atom. The van der Waals surface area contributed by atoms with Crippen molar-refractivity contribution in [1.29, 1.82) is 0 Å². The highest BCUT2D eigenvalue weighted by Gasteiger charge is 2.52. The summed E-state index contributed by atoms with van der Waals surface area (Å²) < 4.78 is 7.29. The SMILES string of the molecule is CC(C)(C)c1ccc2c(c1)C1(c3ccccc3Oc3c(N(c4ccccc4)c4ccc5c(c4)C(C)(C)c4ccccc4-5)cccc31)c1cc(C(C)(C)C)ccc1-2. The summed E-state index contributed by atoms with van der Waals surface area (Å²) >= 11 is 0. The molecule has 10 rings (SSSR count). The maximum atomic E-state index is 7.29. The first-order valence-corrected chi connectivity index (χ1v) is 20.1. The van der Waals surface area contributed by atoms with Crippen LogP contribution in [0.2, 0.25) is 0 Å². The maximum Gasteiger partial charge on any atom is 0.156 e. The van der Waals surface area contributed by atoms with E-state index in [1.807, 2.05) is 0 Å². The number of hydrogen-bond donors (Lipinski definition) is 0. The lowest BCUT2D eigenvalue weighted by molar-refractivity contribution is 0.437. The van der Waals surface area contributed by atoms with Crippen LogP contribution < -0.4 is 9.64 Å². The first kappa shape index (κ1) is 34.6. The van der Waals surface area contributed by atoms with Gasteiger partial charge in [0.2, 0.25) is 0 Å². The lowest BCUT2D eigenvalue weighted by atomic mass is 9.64. The van der Waals surface area contributed by atoms with Crippen molar-refractivity contribution < 1.29 is 4.74 Å². The molecule has 0 N–H and O–H groups in total. The molecule has 0 saturated heterocycles. The molecule has 1 aliphatic heterocycles. The van der Waals surface area contributed by atoms with Gasteiger partial charge in [-0.2, -0.15) is 0 Å². The summed E-state index contributed by atoms with van der Waals surface area (Å²) in [5.74, 6) is 1.78. The highest BCUT2D eigenvalue weighted by atomic mass is 16.5. The Labute approximate surface area is 332 Å². The van der Waals surface area contributed by atoms with Crippen LogP contribution in [0.1, 0.15) is 99.9 Å². The van der Waals surface area contributed by atoms with E-state index < -0.39 is 5.41 Å². The van der Waals surface area contributed by atoms with E-state index in [9.17, 15) is 0 Å². The van der Waals surface area contributed by atoms with Crippen LogP contribution in [-0.4, -0.2) is 0 Å². The second kappa shape index (κ2) is 11.8. The molecule has 0 unspecified atom stereocenters. The molecule has 276 valence electrons. The van der Waals surface area contributed by atoms with E-state index in [0.717, 1.165) is 28.6 Å². The van der Waals surface area contributed by atoms with Gasteiger partial charge >= 0.3 is 0 Å². The zero-order valence-electron chi connectivity index (χ0n) is 33.8. The topological polar surface area (TPSA) is 12.5 Å². The molecule has 0 saturated carbocycles. The average Bonchev–Trinajstić information content (AvgIpc) is 3.60. The number of nitrogens with zero attached hydrogens (tertiary/aromatic N) is 1. The standard InChI is InChI=1S/C54H49NO/c1-51(2,3)34-25-28-40-41-29-26-35(52(4,5)6)32-47(41)54(46(40)31-34)43-21-14-15-24-49(43)56-50-44(54)22-16-23-48(50)55(36-17-10-9-11-18-36)37-27-30-39-38-19-12-13-20-42(38)53(7,8)45(39)33-37/h9-33H,1-8H3. The second-order valence-electron chi connectivity index (χ2n) is 18.6. The first-order chi connectivity index (χ1) is 26.8. The molecule has 2 heteroatoms. The highest BCUT2D eigenvalue weighted by molar-refractivity contribution is 5.93. The Balaban J connectivity index is 1.28. The Morgan fingerprint density at radius 3 is 1.62 bits per heavy atom. The van der Waals surface area contributed by atoms with Crippen molar-refractivity contribution in [3.63, 3.8) is 0 Å². The predicted octanol–water partition coefficient (Wildman–Crippen LogP) is 14.5. The van der Waals surface area contributed by atoms with Gasteiger partial charge in [-0.15, -0.1) is 0 Å². The van der Waals surface area contributed by atoms with Gasteiger partial charge in [0.1, 0.15) is 5.75 Å². The fourth-order valence-electron chi connectivity index (χ4n) is 9.90. The molecular formula is C54H49NO. The summed E-state index contributed by atoms with van der Waals surface area (Å²) in [6.45, 7) is 18.6. The molecule has 0 amide bonds. The van der Waals surface area contributed by atoms with E-state index in [4.69, 9.17) is 4.74 Å². The summed E-state index contributed by atoms with van der Waals surface area (Å²) in [5.41, 5.74) is 18.0. The fraction of sp³-hybridized carbons (Fsp3) is 0.222. The smallest absolute Gasteiger partial charge is 0.156 e. The molecule has 0 fully saturated rings. The molecule has 7 aromatic carbocycles. The van der Waals surface area contributed by atoms with Gasteiger partial charge in [-0.25, -0.2) is 0 Å². The van der Waals surface area contributed by atoms with Crippen LogP contribution in [0.25, 0.3) is 22.3 Å². The van der Waals surface area contributed by atoms with Gasteiger partial charge in [-0.05, 0) is 103 Å². The van der Waals surface area contributed by atoms with Gasteiger partial charge in [-0.1, -0.05) is 171 Å². The molecule has 0 bridgehead atoms. The zero-order chi connectivity index (χ0) is 38.8. The maximum absolute atomic E-state index is 7.29. The lowest BCUT2D eigenvalue weighted by Gasteiger charge is -2.42. The van der Waals surface area contributed by atoms with E-state index in [-0.39, 0.29) is 16.2 Å². The summed E-state index contributed by atoms with van der Waals surface area (Å²) in [5, 5.41) is 0. The molecule has 2 nitrogen and oxygen atoms in total. The van der Waals surface area contributed by atoms with Crippen molar-refractivity contribution in [2.45, 2.75) is 77.0 Å². The third kappa shape index (κ3) is 4.81. The lowest BCUT2D eigenvalue weighted by Crippen LogP contribution is -2.33. The van der Waals surface area contributed by atoms with Crippen LogP contribution in [0, 0.1) is 0 Å². The first-order valence-electron chi connectivity index (χ1n) is 20.1. The van der Waals surface area contributed by atoms with Gasteiger partial charge in [-0.3, -0.25) is 0 Å².